The van der Waals surface area contributed by atoms with Gasteiger partial charge in [0.15, 0.2) is 0 Å². The zero-order valence-electron chi connectivity index (χ0n) is 19.9. The molecule has 0 bridgehead atoms. The van der Waals surface area contributed by atoms with Crippen molar-refractivity contribution < 1.29 is 8.83 Å². The van der Waals surface area contributed by atoms with Gasteiger partial charge in [-0.3, -0.25) is 0 Å². The van der Waals surface area contributed by atoms with Gasteiger partial charge in [0.05, 0.1) is 12.8 Å². The second-order valence-electron chi connectivity index (χ2n) is 9.74. The van der Waals surface area contributed by atoms with Crippen molar-refractivity contribution in [1.82, 2.24) is 10.6 Å². The Morgan fingerprint density at radius 2 is 1.73 bits per heavy atom. The zero-order valence-corrected chi connectivity index (χ0v) is 19.9. The Morgan fingerprint density at radius 3 is 2.48 bits per heavy atom. The summed E-state index contributed by atoms with van der Waals surface area (Å²) in [5.41, 5.74) is 4.64. The minimum atomic E-state index is 0.407. The Morgan fingerprint density at radius 1 is 0.939 bits per heavy atom. The Balaban J connectivity index is 1.23. The maximum atomic E-state index is 6.25. The summed E-state index contributed by atoms with van der Waals surface area (Å²) in [5, 5.41) is 9.62. The summed E-state index contributed by atoms with van der Waals surface area (Å²) < 4.78 is 11.8. The Labute approximate surface area is 196 Å². The molecule has 0 spiro atoms. The molecule has 1 fully saturated rings. The van der Waals surface area contributed by atoms with Gasteiger partial charge in [-0.25, -0.2) is 0 Å². The average Bonchev–Trinajstić information content (AvgIpc) is 3.41. The average molecular weight is 445 g/mol. The summed E-state index contributed by atoms with van der Waals surface area (Å²) in [6, 6.07) is 18.4. The molecule has 2 aromatic carbocycles. The van der Waals surface area contributed by atoms with Gasteiger partial charge < -0.3 is 19.5 Å². The van der Waals surface area contributed by atoms with Crippen molar-refractivity contribution in [3.05, 3.63) is 71.7 Å². The standard InChI is InChI=1S/C29H36N2O2/c1-3-5-25(14-20-8-10-23-12-13-32-28(23)16-20)31-19-26-18-24-11-9-21(17-29(24)33-26)15-27(30-2)22-6-4-7-22/h8-13,16-18,22,25,27,30-31H,3-7,14-15,19H2,1-2H3. The summed E-state index contributed by atoms with van der Waals surface area (Å²) in [7, 11) is 2.09. The number of likely N-dealkylation sites (N-methyl/N-ethyl adjacent to an activating group) is 1. The van der Waals surface area contributed by atoms with E-state index in [4.69, 9.17) is 8.83 Å². The van der Waals surface area contributed by atoms with Crippen molar-refractivity contribution in [2.45, 2.75) is 70.5 Å². The highest BCUT2D eigenvalue weighted by atomic mass is 16.3. The van der Waals surface area contributed by atoms with Crippen molar-refractivity contribution in [2.24, 2.45) is 5.92 Å². The van der Waals surface area contributed by atoms with Crippen LogP contribution in [0.3, 0.4) is 0 Å². The van der Waals surface area contributed by atoms with Gasteiger partial charge in [0, 0.05) is 22.9 Å². The molecule has 1 aliphatic carbocycles. The molecule has 0 radical (unpaired) electrons. The van der Waals surface area contributed by atoms with Gasteiger partial charge in [-0.1, -0.05) is 44.0 Å². The number of nitrogens with one attached hydrogen (secondary N) is 2. The predicted octanol–water partition coefficient (Wildman–Crippen LogP) is 6.61. The van der Waals surface area contributed by atoms with Crippen LogP contribution in [0.15, 0.2) is 63.6 Å². The van der Waals surface area contributed by atoms with E-state index in [-0.39, 0.29) is 0 Å². The second-order valence-corrected chi connectivity index (χ2v) is 9.74. The van der Waals surface area contributed by atoms with Crippen LogP contribution in [0.5, 0.6) is 0 Å². The number of hydrogen-bond acceptors (Lipinski definition) is 4. The fourth-order valence-electron chi connectivity index (χ4n) is 5.23. The SMILES string of the molecule is CCCC(Cc1ccc2ccoc2c1)NCc1cc2ccc(CC(NC)C3CCC3)cc2o1. The van der Waals surface area contributed by atoms with Gasteiger partial charge in [-0.2, -0.15) is 0 Å². The van der Waals surface area contributed by atoms with Gasteiger partial charge >= 0.3 is 0 Å². The Kier molecular flexibility index (Phi) is 6.84. The third kappa shape index (κ3) is 5.18. The highest BCUT2D eigenvalue weighted by molar-refractivity contribution is 5.79. The number of furan rings is 2. The van der Waals surface area contributed by atoms with Crippen LogP contribution in [0.2, 0.25) is 0 Å². The molecule has 1 saturated carbocycles. The molecule has 0 aliphatic heterocycles. The normalized spacial score (nSPS) is 16.3. The lowest BCUT2D eigenvalue weighted by Gasteiger charge is -2.33. The summed E-state index contributed by atoms with van der Waals surface area (Å²) in [6.45, 7) is 2.99. The van der Waals surface area contributed by atoms with E-state index in [0.717, 1.165) is 60.5 Å². The molecule has 174 valence electrons. The van der Waals surface area contributed by atoms with Crippen molar-refractivity contribution in [1.29, 1.82) is 0 Å². The molecule has 2 unspecified atom stereocenters. The first-order valence-electron chi connectivity index (χ1n) is 12.6. The third-order valence-corrected chi connectivity index (χ3v) is 7.39. The number of hydrogen-bond donors (Lipinski definition) is 2. The molecule has 4 nitrogen and oxygen atoms in total. The fraction of sp³-hybridized carbons (Fsp3) is 0.448. The maximum Gasteiger partial charge on any atom is 0.134 e. The van der Waals surface area contributed by atoms with Crippen LogP contribution >= 0.6 is 0 Å². The van der Waals surface area contributed by atoms with Gasteiger partial charge in [-0.15, -0.1) is 0 Å². The molecule has 2 heterocycles. The second kappa shape index (κ2) is 10.1. The molecule has 33 heavy (non-hydrogen) atoms. The molecule has 0 amide bonds. The van der Waals surface area contributed by atoms with Crippen LogP contribution < -0.4 is 10.6 Å². The molecule has 5 rings (SSSR count). The monoisotopic (exact) mass is 444 g/mol. The van der Waals surface area contributed by atoms with E-state index in [2.05, 4.69) is 67.1 Å². The van der Waals surface area contributed by atoms with Gasteiger partial charge in [0.2, 0.25) is 0 Å². The Hall–Kier alpha value is -2.56. The first-order valence-corrected chi connectivity index (χ1v) is 12.6. The summed E-state index contributed by atoms with van der Waals surface area (Å²) in [4.78, 5) is 0. The quantitative estimate of drug-likeness (QED) is 0.273. The number of benzene rings is 2. The van der Waals surface area contributed by atoms with E-state index in [1.54, 1.807) is 6.26 Å². The minimum absolute atomic E-state index is 0.407. The van der Waals surface area contributed by atoms with E-state index in [1.165, 1.54) is 35.8 Å². The Bertz CT molecular complexity index is 1190. The van der Waals surface area contributed by atoms with E-state index in [9.17, 15) is 0 Å². The molecule has 2 N–H and O–H groups in total. The van der Waals surface area contributed by atoms with Crippen molar-refractivity contribution >= 4 is 21.9 Å². The lowest BCUT2D eigenvalue weighted by atomic mass is 9.77. The van der Waals surface area contributed by atoms with Crippen LogP contribution in [-0.2, 0) is 19.4 Å². The number of rotatable bonds is 11. The third-order valence-electron chi connectivity index (χ3n) is 7.39. The van der Waals surface area contributed by atoms with Crippen molar-refractivity contribution in [2.75, 3.05) is 7.05 Å². The highest BCUT2D eigenvalue weighted by Crippen LogP contribution is 2.31. The first-order chi connectivity index (χ1) is 16.2. The maximum absolute atomic E-state index is 6.25. The summed E-state index contributed by atoms with van der Waals surface area (Å²) in [5.74, 6) is 1.83. The fourth-order valence-corrected chi connectivity index (χ4v) is 5.23. The summed E-state index contributed by atoms with van der Waals surface area (Å²) >= 11 is 0. The first kappa shape index (κ1) is 22.2. The molecule has 2 aromatic heterocycles. The van der Waals surface area contributed by atoms with Crippen LogP contribution in [0.4, 0.5) is 0 Å². The van der Waals surface area contributed by atoms with E-state index in [0.29, 0.717) is 12.1 Å². The molecular formula is C29H36N2O2. The predicted molar refractivity (Wildman–Crippen MR) is 136 cm³/mol. The lowest BCUT2D eigenvalue weighted by Crippen LogP contribution is -2.38. The van der Waals surface area contributed by atoms with Crippen molar-refractivity contribution in [3.8, 4) is 0 Å². The molecular weight excluding hydrogens is 408 g/mol. The largest absolute Gasteiger partial charge is 0.464 e. The molecule has 2 atom stereocenters. The van der Waals surface area contributed by atoms with Crippen LogP contribution in [0.25, 0.3) is 21.9 Å². The molecule has 0 saturated heterocycles. The van der Waals surface area contributed by atoms with Gasteiger partial charge in [-0.05, 0) is 80.5 Å². The van der Waals surface area contributed by atoms with Crippen LogP contribution in [0, 0.1) is 5.92 Å². The lowest BCUT2D eigenvalue weighted by molar-refractivity contribution is 0.236. The summed E-state index contributed by atoms with van der Waals surface area (Å²) in [6.07, 6.45) is 10.2. The number of fused-ring (bicyclic) bond motifs is 2. The minimum Gasteiger partial charge on any atom is -0.464 e. The molecule has 4 heteroatoms. The topological polar surface area (TPSA) is 50.3 Å². The molecule has 4 aromatic rings. The zero-order chi connectivity index (χ0) is 22.6. The van der Waals surface area contributed by atoms with Crippen LogP contribution in [-0.4, -0.2) is 19.1 Å². The highest BCUT2D eigenvalue weighted by Gasteiger charge is 2.26. The van der Waals surface area contributed by atoms with Gasteiger partial charge in [0.1, 0.15) is 16.9 Å². The van der Waals surface area contributed by atoms with E-state index in [1.807, 2.05) is 6.07 Å². The van der Waals surface area contributed by atoms with Gasteiger partial charge in [0.25, 0.3) is 0 Å². The van der Waals surface area contributed by atoms with Crippen molar-refractivity contribution in [3.63, 3.8) is 0 Å². The smallest absolute Gasteiger partial charge is 0.134 e. The van der Waals surface area contributed by atoms with Crippen LogP contribution in [0.1, 0.15) is 55.9 Å². The molecule has 1 aliphatic rings. The van der Waals surface area contributed by atoms with E-state index >= 15 is 0 Å². The van der Waals surface area contributed by atoms with E-state index < -0.39 is 0 Å².